The van der Waals surface area contributed by atoms with Crippen LogP contribution < -0.4 is 10.1 Å². The van der Waals surface area contributed by atoms with Gasteiger partial charge in [-0.25, -0.2) is 4.79 Å². The van der Waals surface area contributed by atoms with E-state index >= 15 is 0 Å². The van der Waals surface area contributed by atoms with E-state index in [1.165, 1.54) is 25.5 Å². The Hall–Kier alpha value is -3.09. The van der Waals surface area contributed by atoms with Crippen LogP contribution in [0.4, 0.5) is 5.69 Å². The van der Waals surface area contributed by atoms with Crippen LogP contribution >= 0.6 is 0 Å². The molecular formula is C14H12N2O5. The third-order valence-corrected chi connectivity index (χ3v) is 2.56. The van der Waals surface area contributed by atoms with E-state index in [-0.39, 0.29) is 5.69 Å². The predicted octanol–water partition coefficient (Wildman–Crippen LogP) is 2.03. The molecule has 0 unspecified atom stereocenters. The maximum absolute atomic E-state index is 11.9. The molecule has 7 heteroatoms. The lowest BCUT2D eigenvalue weighted by atomic mass is 10.1. The quantitative estimate of drug-likeness (QED) is 0.816. The molecule has 0 aliphatic rings. The number of anilines is 1. The monoisotopic (exact) mass is 288 g/mol. The van der Waals surface area contributed by atoms with Gasteiger partial charge in [-0.3, -0.25) is 4.79 Å². The summed E-state index contributed by atoms with van der Waals surface area (Å²) in [4.78, 5) is 22.4. The molecule has 2 rings (SSSR count). The van der Waals surface area contributed by atoms with Gasteiger partial charge >= 0.3 is 5.97 Å². The topological polar surface area (TPSA) is 102 Å². The molecule has 1 amide bonds. The number of carboxylic acid groups (broad SMARTS) is 1. The number of nitrogens with zero attached hydrogens (tertiary/aromatic N) is 1. The minimum absolute atomic E-state index is 0.128. The summed E-state index contributed by atoms with van der Waals surface area (Å²) in [5.41, 5.74) is 1.13. The van der Waals surface area contributed by atoms with Crippen molar-refractivity contribution in [2.24, 2.45) is 0 Å². The molecule has 21 heavy (non-hydrogen) atoms. The lowest BCUT2D eigenvalue weighted by Gasteiger charge is -2.10. The van der Waals surface area contributed by atoms with Crippen LogP contribution in [0.15, 0.2) is 41.1 Å². The molecule has 108 valence electrons. The first-order valence-electron chi connectivity index (χ1n) is 5.91. The summed E-state index contributed by atoms with van der Waals surface area (Å²) in [7, 11) is 1.47. The van der Waals surface area contributed by atoms with Crippen molar-refractivity contribution in [1.82, 2.24) is 5.16 Å². The van der Waals surface area contributed by atoms with E-state index in [0.717, 1.165) is 6.08 Å². The smallest absolute Gasteiger partial charge is 0.328 e. The highest BCUT2D eigenvalue weighted by Gasteiger charge is 2.12. The number of aromatic nitrogens is 1. The number of amides is 1. The summed E-state index contributed by atoms with van der Waals surface area (Å²) in [5.74, 6) is -1.07. The van der Waals surface area contributed by atoms with Crippen molar-refractivity contribution in [3.05, 3.63) is 47.9 Å². The second-order valence-electron chi connectivity index (χ2n) is 3.97. The largest absolute Gasteiger partial charge is 0.495 e. The number of hydrogen-bond donors (Lipinski definition) is 2. The van der Waals surface area contributed by atoms with Crippen molar-refractivity contribution in [3.8, 4) is 5.75 Å². The molecule has 1 heterocycles. The highest BCUT2D eigenvalue weighted by Crippen LogP contribution is 2.26. The van der Waals surface area contributed by atoms with Crippen molar-refractivity contribution in [1.29, 1.82) is 0 Å². The Balaban J connectivity index is 2.25. The Bertz CT molecular complexity index is 677. The van der Waals surface area contributed by atoms with Gasteiger partial charge in [-0.05, 0) is 23.8 Å². The number of carboxylic acids is 1. The van der Waals surface area contributed by atoms with Crippen LogP contribution in [0.25, 0.3) is 6.08 Å². The molecule has 2 N–H and O–H groups in total. The highest BCUT2D eigenvalue weighted by atomic mass is 16.5. The van der Waals surface area contributed by atoms with Crippen molar-refractivity contribution in [2.45, 2.75) is 0 Å². The molecule has 0 spiro atoms. The molecule has 1 aromatic carbocycles. The Morgan fingerprint density at radius 1 is 1.38 bits per heavy atom. The average molecular weight is 288 g/mol. The molecule has 0 radical (unpaired) electrons. The van der Waals surface area contributed by atoms with Crippen LogP contribution in [0.3, 0.4) is 0 Å². The van der Waals surface area contributed by atoms with Gasteiger partial charge in [-0.15, -0.1) is 0 Å². The molecule has 0 aliphatic heterocycles. The van der Waals surface area contributed by atoms with Crippen LogP contribution in [0.2, 0.25) is 0 Å². The standard InChI is InChI=1S/C14H12N2O5/c1-20-12-4-2-9(3-5-13(17)18)8-11(12)15-14(19)10-6-7-21-16-10/h2-8H,1H3,(H,15,19)(H,17,18). The zero-order valence-corrected chi connectivity index (χ0v) is 11.1. The Kier molecular flexibility index (Phi) is 4.35. The first-order chi connectivity index (χ1) is 10.1. The van der Waals surface area contributed by atoms with Gasteiger partial charge in [0, 0.05) is 12.1 Å². The van der Waals surface area contributed by atoms with Gasteiger partial charge in [0.05, 0.1) is 12.8 Å². The molecule has 7 nitrogen and oxygen atoms in total. The molecule has 0 atom stereocenters. The zero-order valence-electron chi connectivity index (χ0n) is 11.1. The summed E-state index contributed by atoms with van der Waals surface area (Å²) in [6.07, 6.45) is 3.71. The number of methoxy groups -OCH3 is 1. The van der Waals surface area contributed by atoms with Gasteiger partial charge in [0.1, 0.15) is 12.0 Å². The minimum atomic E-state index is -1.06. The van der Waals surface area contributed by atoms with Gasteiger partial charge in [-0.1, -0.05) is 11.2 Å². The Labute approximate surface area is 119 Å². The molecular weight excluding hydrogens is 276 g/mol. The third kappa shape index (κ3) is 3.69. The molecule has 0 fully saturated rings. The zero-order chi connectivity index (χ0) is 15.2. The number of rotatable bonds is 5. The fourth-order valence-corrected chi connectivity index (χ4v) is 1.61. The highest BCUT2D eigenvalue weighted by molar-refractivity contribution is 6.03. The summed E-state index contributed by atoms with van der Waals surface area (Å²) < 4.78 is 9.75. The Morgan fingerprint density at radius 3 is 2.81 bits per heavy atom. The van der Waals surface area contributed by atoms with E-state index in [1.807, 2.05) is 0 Å². The summed E-state index contributed by atoms with van der Waals surface area (Å²) >= 11 is 0. The second-order valence-corrected chi connectivity index (χ2v) is 3.97. The maximum Gasteiger partial charge on any atom is 0.328 e. The van der Waals surface area contributed by atoms with Crippen LogP contribution in [-0.2, 0) is 4.79 Å². The fourth-order valence-electron chi connectivity index (χ4n) is 1.61. The van der Waals surface area contributed by atoms with Gasteiger partial charge < -0.3 is 19.7 Å². The second kappa shape index (κ2) is 6.38. The number of hydrogen-bond acceptors (Lipinski definition) is 5. The summed E-state index contributed by atoms with van der Waals surface area (Å²) in [5, 5.41) is 14.8. The van der Waals surface area contributed by atoms with E-state index in [0.29, 0.717) is 17.0 Å². The maximum atomic E-state index is 11.9. The molecule has 0 aliphatic carbocycles. The summed E-state index contributed by atoms with van der Waals surface area (Å²) in [6, 6.07) is 6.32. The number of aliphatic carboxylic acids is 1. The lowest BCUT2D eigenvalue weighted by molar-refractivity contribution is -0.131. The van der Waals surface area contributed by atoms with Gasteiger partial charge in [-0.2, -0.15) is 0 Å². The first kappa shape index (κ1) is 14.3. The van der Waals surface area contributed by atoms with Gasteiger partial charge in [0.2, 0.25) is 0 Å². The first-order valence-corrected chi connectivity index (χ1v) is 5.91. The van der Waals surface area contributed by atoms with Gasteiger partial charge in [0.15, 0.2) is 5.69 Å². The minimum Gasteiger partial charge on any atom is -0.495 e. The number of nitrogens with one attached hydrogen (secondary N) is 1. The van der Waals surface area contributed by atoms with Crippen molar-refractivity contribution < 1.29 is 24.0 Å². The van der Waals surface area contributed by atoms with Crippen LogP contribution in [0.5, 0.6) is 5.75 Å². The molecule has 0 saturated heterocycles. The van der Waals surface area contributed by atoms with Gasteiger partial charge in [0.25, 0.3) is 5.91 Å². The summed E-state index contributed by atoms with van der Waals surface area (Å²) in [6.45, 7) is 0. The molecule has 0 bridgehead atoms. The van der Waals surface area contributed by atoms with E-state index < -0.39 is 11.9 Å². The van der Waals surface area contributed by atoms with Crippen LogP contribution in [-0.4, -0.2) is 29.2 Å². The number of ether oxygens (including phenoxy) is 1. The molecule has 0 saturated carbocycles. The van der Waals surface area contributed by atoms with E-state index in [1.54, 1.807) is 18.2 Å². The van der Waals surface area contributed by atoms with Crippen molar-refractivity contribution >= 4 is 23.6 Å². The molecule has 2 aromatic rings. The van der Waals surface area contributed by atoms with Crippen molar-refractivity contribution in [2.75, 3.05) is 12.4 Å². The van der Waals surface area contributed by atoms with Crippen LogP contribution in [0, 0.1) is 0 Å². The average Bonchev–Trinajstić information content (AvgIpc) is 2.99. The normalized spacial score (nSPS) is 10.5. The van der Waals surface area contributed by atoms with Crippen molar-refractivity contribution in [3.63, 3.8) is 0 Å². The molecule has 1 aromatic heterocycles. The Morgan fingerprint density at radius 2 is 2.19 bits per heavy atom. The number of benzene rings is 1. The van der Waals surface area contributed by atoms with E-state index in [2.05, 4.69) is 15.0 Å². The predicted molar refractivity (Wildman–Crippen MR) is 74.1 cm³/mol. The van der Waals surface area contributed by atoms with E-state index in [9.17, 15) is 9.59 Å². The fraction of sp³-hybridized carbons (Fsp3) is 0.0714. The van der Waals surface area contributed by atoms with E-state index in [4.69, 9.17) is 9.84 Å². The number of carbonyl (C=O) groups is 2. The third-order valence-electron chi connectivity index (χ3n) is 2.56. The lowest BCUT2D eigenvalue weighted by Crippen LogP contribution is -2.13. The van der Waals surface area contributed by atoms with Crippen LogP contribution in [0.1, 0.15) is 16.1 Å². The number of carbonyl (C=O) groups excluding carboxylic acids is 1. The SMILES string of the molecule is COc1ccc(C=CC(=O)O)cc1NC(=O)c1ccon1.